The molecule has 0 radical (unpaired) electrons. The lowest BCUT2D eigenvalue weighted by atomic mass is 10.1. The maximum absolute atomic E-state index is 13.2. The Bertz CT molecular complexity index is 1340. The van der Waals surface area contributed by atoms with Crippen molar-refractivity contribution in [3.8, 4) is 5.95 Å². The second kappa shape index (κ2) is 9.22. The van der Waals surface area contributed by atoms with Gasteiger partial charge in [-0.15, -0.1) is 5.10 Å². The third-order valence-electron chi connectivity index (χ3n) is 5.27. The molecule has 1 atom stereocenters. The average molecular weight is 511 g/mol. The van der Waals surface area contributed by atoms with Crippen LogP contribution in [0.3, 0.4) is 0 Å². The summed E-state index contributed by atoms with van der Waals surface area (Å²) in [5.74, 6) is -0.351. The Morgan fingerprint density at radius 3 is 2.40 bits per heavy atom. The van der Waals surface area contributed by atoms with Crippen molar-refractivity contribution in [2.45, 2.75) is 35.3 Å². The Kier molecular flexibility index (Phi) is 6.46. The minimum absolute atomic E-state index is 0.0958. The topological polar surface area (TPSA) is 144 Å². The van der Waals surface area contributed by atoms with E-state index in [4.69, 9.17) is 0 Å². The summed E-state index contributed by atoms with van der Waals surface area (Å²) in [6.07, 6.45) is 3.40. The first-order valence-electron chi connectivity index (χ1n) is 10.4. The van der Waals surface area contributed by atoms with E-state index in [-0.39, 0.29) is 29.2 Å². The summed E-state index contributed by atoms with van der Waals surface area (Å²) in [6.45, 7) is 0. The molecule has 1 aliphatic carbocycles. The first kappa shape index (κ1) is 24.5. The molecule has 1 saturated carbocycles. The molecular formula is C20H21F3N8O3S. The fourth-order valence-electron chi connectivity index (χ4n) is 3.34. The zero-order valence-corrected chi connectivity index (χ0v) is 19.4. The summed E-state index contributed by atoms with van der Waals surface area (Å²) >= 11 is 0. The van der Waals surface area contributed by atoms with Crippen LogP contribution in [0.15, 0.2) is 41.6 Å². The maximum atomic E-state index is 13.2. The minimum atomic E-state index is -5.64. The molecule has 1 amide bonds. The van der Waals surface area contributed by atoms with E-state index >= 15 is 0 Å². The molecule has 1 aromatic carbocycles. The Labute approximate surface area is 198 Å². The summed E-state index contributed by atoms with van der Waals surface area (Å²) in [4.78, 5) is 24.7. The van der Waals surface area contributed by atoms with Gasteiger partial charge in [0.05, 0.1) is 4.90 Å². The fourth-order valence-corrected chi connectivity index (χ4v) is 4.18. The second-order valence-electron chi connectivity index (χ2n) is 7.71. The van der Waals surface area contributed by atoms with Gasteiger partial charge in [0.1, 0.15) is 6.17 Å². The number of hydrogen-bond donors (Lipinski definition) is 3. The van der Waals surface area contributed by atoms with Crippen LogP contribution < -0.4 is 16.0 Å². The Balaban J connectivity index is 1.70. The predicted octanol–water partition coefficient (Wildman–Crippen LogP) is 1.92. The van der Waals surface area contributed by atoms with Gasteiger partial charge in [-0.2, -0.15) is 22.8 Å². The molecule has 35 heavy (non-hydrogen) atoms. The van der Waals surface area contributed by atoms with Crippen molar-refractivity contribution in [1.82, 2.24) is 35.4 Å². The summed E-state index contributed by atoms with van der Waals surface area (Å²) in [7, 11) is -2.52. The number of halogens is 3. The predicted molar refractivity (Wildman–Crippen MR) is 117 cm³/mol. The van der Waals surface area contributed by atoms with Gasteiger partial charge < -0.3 is 10.6 Å². The van der Waals surface area contributed by atoms with Gasteiger partial charge in [-0.3, -0.25) is 10.1 Å². The number of aromatic nitrogens is 5. The van der Waals surface area contributed by atoms with Gasteiger partial charge in [-0.25, -0.2) is 18.4 Å². The summed E-state index contributed by atoms with van der Waals surface area (Å²) in [5, 5.41) is 12.5. The van der Waals surface area contributed by atoms with E-state index in [0.717, 1.165) is 12.1 Å². The highest BCUT2D eigenvalue weighted by atomic mass is 32.2. The largest absolute Gasteiger partial charge is 0.501 e. The standard InChI is InChI=1S/C20H21F3N8O3S/c1-24-15(16-29-18(25-2)30-31(16)19-26-6-3-7-27-19)28-17(32)13-8-12(11-4-5-11)9-14(10-13)35(33,34)20(21,22)23/h3,6-11,15,24H,4-5H2,1-2H3,(H,25,30)(H,28,32). The van der Waals surface area contributed by atoms with Crippen LogP contribution in [0.5, 0.6) is 0 Å². The van der Waals surface area contributed by atoms with Crippen LogP contribution in [0.4, 0.5) is 19.1 Å². The van der Waals surface area contributed by atoms with Crippen molar-refractivity contribution in [2.75, 3.05) is 19.4 Å². The van der Waals surface area contributed by atoms with Crippen LogP contribution in [-0.2, 0) is 9.84 Å². The first-order valence-corrected chi connectivity index (χ1v) is 11.9. The van der Waals surface area contributed by atoms with E-state index in [9.17, 15) is 26.4 Å². The zero-order valence-electron chi connectivity index (χ0n) is 18.5. The number of rotatable bonds is 8. The van der Waals surface area contributed by atoms with Crippen molar-refractivity contribution in [3.05, 3.63) is 53.6 Å². The number of carbonyl (C=O) groups excluding carboxylic acids is 1. The van der Waals surface area contributed by atoms with Crippen LogP contribution in [0.2, 0.25) is 0 Å². The van der Waals surface area contributed by atoms with E-state index in [1.165, 1.54) is 30.2 Å². The van der Waals surface area contributed by atoms with Crippen molar-refractivity contribution >= 4 is 21.7 Å². The quantitative estimate of drug-likeness (QED) is 0.387. The van der Waals surface area contributed by atoms with Crippen LogP contribution in [0.1, 0.15) is 46.7 Å². The highest BCUT2D eigenvalue weighted by Gasteiger charge is 2.47. The van der Waals surface area contributed by atoms with Gasteiger partial charge in [0.25, 0.3) is 21.7 Å². The van der Waals surface area contributed by atoms with E-state index < -0.39 is 32.3 Å². The molecule has 15 heteroatoms. The van der Waals surface area contributed by atoms with Gasteiger partial charge in [0.15, 0.2) is 5.82 Å². The number of alkyl halides is 3. The van der Waals surface area contributed by atoms with E-state index in [2.05, 4.69) is 36.0 Å². The van der Waals surface area contributed by atoms with Crippen molar-refractivity contribution in [2.24, 2.45) is 0 Å². The minimum Gasteiger partial charge on any atom is -0.356 e. The Morgan fingerprint density at radius 2 is 1.83 bits per heavy atom. The summed E-state index contributed by atoms with van der Waals surface area (Å²) in [5.41, 5.74) is -5.36. The molecule has 11 nitrogen and oxygen atoms in total. The second-order valence-corrected chi connectivity index (χ2v) is 9.65. The number of hydrogen-bond acceptors (Lipinski definition) is 9. The molecule has 1 fully saturated rings. The van der Waals surface area contributed by atoms with E-state index in [1.807, 2.05) is 0 Å². The molecule has 0 saturated heterocycles. The zero-order chi connectivity index (χ0) is 25.4. The fraction of sp³-hybridized carbons (Fsp3) is 0.350. The lowest BCUT2D eigenvalue weighted by Gasteiger charge is -2.18. The van der Waals surface area contributed by atoms with Crippen LogP contribution in [0, 0.1) is 0 Å². The molecule has 0 aliphatic heterocycles. The lowest BCUT2D eigenvalue weighted by molar-refractivity contribution is -0.0436. The van der Waals surface area contributed by atoms with Gasteiger partial charge in [0, 0.05) is 25.0 Å². The summed E-state index contributed by atoms with van der Waals surface area (Å²) in [6, 6.07) is 4.71. The van der Waals surface area contributed by atoms with Crippen LogP contribution in [-0.4, -0.2) is 58.7 Å². The van der Waals surface area contributed by atoms with E-state index in [0.29, 0.717) is 18.4 Å². The number of carbonyl (C=O) groups is 1. The normalized spacial score (nSPS) is 15.0. The smallest absolute Gasteiger partial charge is 0.356 e. The van der Waals surface area contributed by atoms with Crippen LogP contribution in [0.25, 0.3) is 5.95 Å². The number of anilines is 1. The molecule has 4 rings (SSSR count). The number of nitrogens with one attached hydrogen (secondary N) is 3. The molecule has 2 heterocycles. The molecule has 0 bridgehead atoms. The number of benzene rings is 1. The number of amides is 1. The Hall–Kier alpha value is -3.59. The van der Waals surface area contributed by atoms with E-state index in [1.54, 1.807) is 13.1 Å². The molecule has 1 unspecified atom stereocenters. The third-order valence-corrected chi connectivity index (χ3v) is 6.74. The highest BCUT2D eigenvalue weighted by Crippen LogP contribution is 2.42. The summed E-state index contributed by atoms with van der Waals surface area (Å²) < 4.78 is 65.0. The molecule has 2 aromatic heterocycles. The average Bonchev–Trinajstić information content (AvgIpc) is 3.60. The van der Waals surface area contributed by atoms with Crippen molar-refractivity contribution in [1.29, 1.82) is 0 Å². The first-order chi connectivity index (χ1) is 16.5. The molecule has 0 spiro atoms. The molecular weight excluding hydrogens is 489 g/mol. The molecule has 186 valence electrons. The third kappa shape index (κ3) is 4.95. The number of nitrogens with zero attached hydrogens (tertiary/aromatic N) is 5. The van der Waals surface area contributed by atoms with Gasteiger partial charge in [-0.1, -0.05) is 0 Å². The van der Waals surface area contributed by atoms with Gasteiger partial charge in [-0.05, 0) is 55.6 Å². The monoisotopic (exact) mass is 510 g/mol. The Morgan fingerprint density at radius 1 is 1.14 bits per heavy atom. The SMILES string of the molecule is CNc1nc(C(NC)NC(=O)c2cc(C3CC3)cc(S(=O)(=O)C(F)(F)F)c2)n(-c2ncccn2)n1. The molecule has 3 N–H and O–H groups in total. The van der Waals surface area contributed by atoms with Crippen LogP contribution >= 0.6 is 0 Å². The lowest BCUT2D eigenvalue weighted by Crippen LogP contribution is -2.38. The molecule has 3 aromatic rings. The van der Waals surface area contributed by atoms with Gasteiger partial charge in [0.2, 0.25) is 5.95 Å². The molecule has 1 aliphatic rings. The number of sulfone groups is 1. The van der Waals surface area contributed by atoms with Gasteiger partial charge >= 0.3 is 5.51 Å². The highest BCUT2D eigenvalue weighted by molar-refractivity contribution is 7.92. The van der Waals surface area contributed by atoms with Crippen molar-refractivity contribution < 1.29 is 26.4 Å². The van der Waals surface area contributed by atoms with Crippen molar-refractivity contribution in [3.63, 3.8) is 0 Å². The maximum Gasteiger partial charge on any atom is 0.501 e.